The summed E-state index contributed by atoms with van der Waals surface area (Å²) in [5.41, 5.74) is 9.24. The van der Waals surface area contributed by atoms with Crippen molar-refractivity contribution in [2.45, 2.75) is 13.5 Å². The van der Waals surface area contributed by atoms with Crippen molar-refractivity contribution in [3.05, 3.63) is 53.9 Å². The molecule has 4 nitrogen and oxygen atoms in total. The monoisotopic (exact) mass is 238 g/mol. The van der Waals surface area contributed by atoms with E-state index >= 15 is 0 Å². The third kappa shape index (κ3) is 1.82. The number of fused-ring (bicyclic) bond motifs is 1. The van der Waals surface area contributed by atoms with Crippen LogP contribution in [0.4, 0.5) is 5.82 Å². The zero-order valence-electron chi connectivity index (χ0n) is 10.2. The highest BCUT2D eigenvalue weighted by Gasteiger charge is 2.07. The third-order valence-corrected chi connectivity index (χ3v) is 2.95. The molecule has 0 unspecified atom stereocenters. The van der Waals surface area contributed by atoms with E-state index in [0.29, 0.717) is 12.4 Å². The van der Waals surface area contributed by atoms with Gasteiger partial charge in [-0.05, 0) is 30.2 Å². The lowest BCUT2D eigenvalue weighted by Gasteiger charge is -2.04. The normalized spacial score (nSPS) is 10.9. The van der Waals surface area contributed by atoms with Crippen LogP contribution in [0.25, 0.3) is 10.9 Å². The molecule has 0 bridgehead atoms. The summed E-state index contributed by atoms with van der Waals surface area (Å²) in [7, 11) is 0. The molecule has 2 heterocycles. The molecular formula is C14H14N4. The Kier molecular flexibility index (Phi) is 2.48. The number of para-hydroxylation sites is 1. The van der Waals surface area contributed by atoms with Crippen LogP contribution >= 0.6 is 0 Å². The van der Waals surface area contributed by atoms with Gasteiger partial charge in [-0.15, -0.1) is 0 Å². The van der Waals surface area contributed by atoms with Crippen LogP contribution in [0.5, 0.6) is 0 Å². The number of nitrogens with two attached hydrogens (primary N) is 1. The summed E-state index contributed by atoms with van der Waals surface area (Å²) in [6.07, 6.45) is 3.71. The molecule has 0 amide bonds. The maximum absolute atomic E-state index is 5.91. The van der Waals surface area contributed by atoms with E-state index in [4.69, 9.17) is 5.73 Å². The van der Waals surface area contributed by atoms with Gasteiger partial charge in [0.1, 0.15) is 0 Å². The summed E-state index contributed by atoms with van der Waals surface area (Å²) >= 11 is 0. The van der Waals surface area contributed by atoms with Gasteiger partial charge in [0, 0.05) is 17.8 Å². The first kappa shape index (κ1) is 10.8. The number of benzene rings is 1. The lowest BCUT2D eigenvalue weighted by molar-refractivity contribution is 0.713. The van der Waals surface area contributed by atoms with Crippen LogP contribution in [0.15, 0.2) is 42.7 Å². The summed E-state index contributed by atoms with van der Waals surface area (Å²) in [6.45, 7) is 2.72. The van der Waals surface area contributed by atoms with Crippen LogP contribution in [0.3, 0.4) is 0 Å². The number of hydrogen-bond acceptors (Lipinski definition) is 3. The summed E-state index contributed by atoms with van der Waals surface area (Å²) in [4.78, 5) is 4.19. The van der Waals surface area contributed by atoms with Crippen LogP contribution in [-0.4, -0.2) is 14.8 Å². The minimum Gasteiger partial charge on any atom is -0.382 e. The Balaban J connectivity index is 2.05. The highest BCUT2D eigenvalue weighted by atomic mass is 15.3. The maximum Gasteiger partial charge on any atom is 0.153 e. The Labute approximate surface area is 105 Å². The molecule has 1 aromatic carbocycles. The smallest absolute Gasteiger partial charge is 0.153 e. The number of rotatable bonds is 2. The number of hydrogen-bond donors (Lipinski definition) is 1. The van der Waals surface area contributed by atoms with Gasteiger partial charge in [-0.25, -0.2) is 0 Å². The predicted molar refractivity (Wildman–Crippen MR) is 72.2 cm³/mol. The van der Waals surface area contributed by atoms with Gasteiger partial charge in [0.15, 0.2) is 5.82 Å². The summed E-state index contributed by atoms with van der Waals surface area (Å²) in [6, 6.07) is 10.1. The highest BCUT2D eigenvalue weighted by molar-refractivity contribution is 5.89. The predicted octanol–water partition coefficient (Wildman–Crippen LogP) is 2.37. The van der Waals surface area contributed by atoms with Crippen molar-refractivity contribution in [1.29, 1.82) is 0 Å². The second kappa shape index (κ2) is 4.14. The molecule has 0 aliphatic rings. The molecule has 90 valence electrons. The molecule has 2 aromatic heterocycles. The van der Waals surface area contributed by atoms with E-state index in [-0.39, 0.29) is 0 Å². The third-order valence-electron chi connectivity index (χ3n) is 2.95. The van der Waals surface area contributed by atoms with Crippen LogP contribution in [0.1, 0.15) is 11.1 Å². The zero-order valence-corrected chi connectivity index (χ0v) is 10.2. The van der Waals surface area contributed by atoms with E-state index in [9.17, 15) is 0 Å². The maximum atomic E-state index is 5.91. The Bertz CT molecular complexity index is 700. The largest absolute Gasteiger partial charge is 0.382 e. The molecule has 0 radical (unpaired) electrons. The average Bonchev–Trinajstić information content (AvgIpc) is 2.67. The SMILES string of the molecule is Cc1cncc(Cn2nc(N)c3ccccc32)c1. The van der Waals surface area contributed by atoms with Gasteiger partial charge in [0.25, 0.3) is 0 Å². The van der Waals surface area contributed by atoms with Gasteiger partial charge in [0.2, 0.25) is 0 Å². The van der Waals surface area contributed by atoms with Gasteiger partial charge in [-0.3, -0.25) is 9.67 Å². The molecule has 0 fully saturated rings. The van der Waals surface area contributed by atoms with E-state index < -0.39 is 0 Å². The molecule has 0 atom stereocenters. The Morgan fingerprint density at radius 1 is 1.22 bits per heavy atom. The Morgan fingerprint density at radius 2 is 2.06 bits per heavy atom. The van der Waals surface area contributed by atoms with Crippen molar-refractivity contribution in [3.8, 4) is 0 Å². The minimum atomic E-state index is 0.575. The fraction of sp³-hybridized carbons (Fsp3) is 0.143. The molecule has 0 saturated heterocycles. The highest BCUT2D eigenvalue weighted by Crippen LogP contribution is 2.20. The first-order chi connectivity index (χ1) is 8.74. The van der Waals surface area contributed by atoms with E-state index in [1.54, 1.807) is 0 Å². The average molecular weight is 238 g/mol. The number of nitrogens with zero attached hydrogens (tertiary/aromatic N) is 3. The molecule has 4 heteroatoms. The topological polar surface area (TPSA) is 56.7 Å². The van der Waals surface area contributed by atoms with E-state index in [1.165, 1.54) is 0 Å². The lowest BCUT2D eigenvalue weighted by Crippen LogP contribution is -2.02. The van der Waals surface area contributed by atoms with Gasteiger partial charge in [-0.2, -0.15) is 5.10 Å². The molecule has 3 aromatic rings. The number of pyridine rings is 1. The number of anilines is 1. The standard InChI is InChI=1S/C14H14N4/c1-10-6-11(8-16-7-10)9-18-13-5-3-2-4-12(13)14(15)17-18/h2-8H,9H2,1H3,(H2,15,17). The number of nitrogen functional groups attached to an aromatic ring is 1. The van der Waals surface area contributed by atoms with E-state index in [2.05, 4.69) is 16.1 Å². The van der Waals surface area contributed by atoms with Crippen LogP contribution < -0.4 is 5.73 Å². The summed E-state index contributed by atoms with van der Waals surface area (Å²) < 4.78 is 1.92. The second-order valence-electron chi connectivity index (χ2n) is 4.43. The molecular weight excluding hydrogens is 224 g/mol. The van der Waals surface area contributed by atoms with Crippen LogP contribution in [-0.2, 0) is 6.54 Å². The zero-order chi connectivity index (χ0) is 12.5. The summed E-state index contributed by atoms with van der Waals surface area (Å²) in [5, 5.41) is 5.38. The minimum absolute atomic E-state index is 0.575. The van der Waals surface area contributed by atoms with Gasteiger partial charge < -0.3 is 5.73 Å². The molecule has 0 aliphatic heterocycles. The molecule has 3 rings (SSSR count). The van der Waals surface area contributed by atoms with E-state index in [0.717, 1.165) is 22.0 Å². The van der Waals surface area contributed by atoms with Crippen LogP contribution in [0, 0.1) is 6.92 Å². The van der Waals surface area contributed by atoms with Crippen molar-refractivity contribution >= 4 is 16.7 Å². The number of aryl methyl sites for hydroxylation is 1. The fourth-order valence-corrected chi connectivity index (χ4v) is 2.15. The molecule has 0 spiro atoms. The Hall–Kier alpha value is -2.36. The van der Waals surface area contributed by atoms with Crippen molar-refractivity contribution < 1.29 is 0 Å². The van der Waals surface area contributed by atoms with Crippen molar-refractivity contribution in [3.63, 3.8) is 0 Å². The first-order valence-electron chi connectivity index (χ1n) is 5.85. The molecule has 0 aliphatic carbocycles. The number of aromatic nitrogens is 3. The quantitative estimate of drug-likeness (QED) is 0.745. The molecule has 18 heavy (non-hydrogen) atoms. The van der Waals surface area contributed by atoms with Crippen LogP contribution in [0.2, 0.25) is 0 Å². The lowest BCUT2D eigenvalue weighted by atomic mass is 10.2. The fourth-order valence-electron chi connectivity index (χ4n) is 2.15. The van der Waals surface area contributed by atoms with E-state index in [1.807, 2.05) is 48.3 Å². The summed E-state index contributed by atoms with van der Waals surface area (Å²) in [5.74, 6) is 0.575. The van der Waals surface area contributed by atoms with Gasteiger partial charge in [0.05, 0.1) is 12.1 Å². The molecule has 0 saturated carbocycles. The second-order valence-corrected chi connectivity index (χ2v) is 4.43. The first-order valence-corrected chi connectivity index (χ1v) is 5.85. The Morgan fingerprint density at radius 3 is 2.89 bits per heavy atom. The molecule has 2 N–H and O–H groups in total. The van der Waals surface area contributed by atoms with Gasteiger partial charge >= 0.3 is 0 Å². The van der Waals surface area contributed by atoms with Gasteiger partial charge in [-0.1, -0.05) is 18.2 Å². The van der Waals surface area contributed by atoms with Crippen molar-refractivity contribution in [2.75, 3.05) is 5.73 Å². The van der Waals surface area contributed by atoms with Crippen molar-refractivity contribution in [1.82, 2.24) is 14.8 Å². The van der Waals surface area contributed by atoms with Crippen molar-refractivity contribution in [2.24, 2.45) is 0 Å².